The van der Waals surface area contributed by atoms with E-state index in [2.05, 4.69) is 20.8 Å². The standard InChI is InChI=1S/C12H20O2.H2O/c1-8-5-6-10-7-12(8,11(10,3)4)14-9(2)13;/h8,10H,5-7H2,1-4H3;1H2. The van der Waals surface area contributed by atoms with Crippen molar-refractivity contribution in [1.29, 1.82) is 0 Å². The van der Waals surface area contributed by atoms with Gasteiger partial charge in [0.2, 0.25) is 0 Å². The highest BCUT2D eigenvalue weighted by Crippen LogP contribution is 2.65. The Hall–Kier alpha value is -0.570. The summed E-state index contributed by atoms with van der Waals surface area (Å²) >= 11 is 0. The molecule has 3 rings (SSSR count). The van der Waals surface area contributed by atoms with Crippen LogP contribution in [0.15, 0.2) is 0 Å². The number of rotatable bonds is 1. The highest BCUT2D eigenvalue weighted by molar-refractivity contribution is 5.67. The third-order valence-corrected chi connectivity index (χ3v) is 4.73. The van der Waals surface area contributed by atoms with Gasteiger partial charge in [-0.2, -0.15) is 0 Å². The van der Waals surface area contributed by atoms with Crippen molar-refractivity contribution in [3.8, 4) is 0 Å². The lowest BCUT2D eigenvalue weighted by Crippen LogP contribution is -2.68. The second kappa shape index (κ2) is 3.48. The van der Waals surface area contributed by atoms with Gasteiger partial charge in [0.15, 0.2) is 0 Å². The van der Waals surface area contributed by atoms with Crippen LogP contribution >= 0.6 is 0 Å². The molecule has 0 aromatic carbocycles. The van der Waals surface area contributed by atoms with Crippen LogP contribution < -0.4 is 0 Å². The first kappa shape index (κ1) is 12.5. The van der Waals surface area contributed by atoms with Gasteiger partial charge in [0.25, 0.3) is 0 Å². The molecule has 88 valence electrons. The van der Waals surface area contributed by atoms with E-state index < -0.39 is 0 Å². The molecule has 3 saturated carbocycles. The van der Waals surface area contributed by atoms with Crippen molar-refractivity contribution in [2.45, 2.75) is 52.6 Å². The van der Waals surface area contributed by atoms with Crippen molar-refractivity contribution < 1.29 is 15.0 Å². The van der Waals surface area contributed by atoms with Crippen molar-refractivity contribution in [1.82, 2.24) is 0 Å². The van der Waals surface area contributed by atoms with Gasteiger partial charge in [-0.15, -0.1) is 0 Å². The zero-order chi connectivity index (χ0) is 10.6. The topological polar surface area (TPSA) is 57.8 Å². The van der Waals surface area contributed by atoms with Gasteiger partial charge in [0, 0.05) is 12.3 Å². The van der Waals surface area contributed by atoms with Crippen LogP contribution in [0, 0.1) is 17.3 Å². The summed E-state index contributed by atoms with van der Waals surface area (Å²) in [7, 11) is 0. The monoisotopic (exact) mass is 214 g/mol. The third kappa shape index (κ3) is 1.40. The summed E-state index contributed by atoms with van der Waals surface area (Å²) in [6.07, 6.45) is 3.60. The van der Waals surface area contributed by atoms with Crippen LogP contribution in [0.3, 0.4) is 0 Å². The molecular weight excluding hydrogens is 192 g/mol. The first-order valence-corrected chi connectivity index (χ1v) is 5.60. The number of esters is 1. The predicted molar refractivity (Wildman–Crippen MR) is 58.4 cm³/mol. The maximum atomic E-state index is 11.2. The second-order valence-corrected chi connectivity index (χ2v) is 5.58. The average molecular weight is 214 g/mol. The molecule has 3 atom stereocenters. The molecule has 3 aliphatic carbocycles. The summed E-state index contributed by atoms with van der Waals surface area (Å²) < 4.78 is 5.63. The lowest BCUT2D eigenvalue weighted by atomic mass is 9.42. The van der Waals surface area contributed by atoms with Gasteiger partial charge >= 0.3 is 5.97 Å². The fourth-order valence-corrected chi connectivity index (χ4v) is 3.61. The molecule has 2 N–H and O–H groups in total. The maximum Gasteiger partial charge on any atom is 0.303 e. The van der Waals surface area contributed by atoms with Gasteiger partial charge in [-0.1, -0.05) is 20.8 Å². The molecule has 0 radical (unpaired) electrons. The predicted octanol–water partition coefficient (Wildman–Crippen LogP) is 1.94. The van der Waals surface area contributed by atoms with Crippen molar-refractivity contribution in [3.05, 3.63) is 0 Å². The Morgan fingerprint density at radius 2 is 1.93 bits per heavy atom. The van der Waals surface area contributed by atoms with Crippen molar-refractivity contribution in [2.75, 3.05) is 0 Å². The molecular formula is C12H22O3. The van der Waals surface area contributed by atoms with E-state index in [0.29, 0.717) is 5.92 Å². The molecule has 0 aliphatic heterocycles. The molecule has 0 aromatic rings. The smallest absolute Gasteiger partial charge is 0.303 e. The van der Waals surface area contributed by atoms with Gasteiger partial charge in [0.05, 0.1) is 0 Å². The summed E-state index contributed by atoms with van der Waals surface area (Å²) in [5, 5.41) is 0. The molecule has 3 aliphatic rings. The Morgan fingerprint density at radius 3 is 2.33 bits per heavy atom. The van der Waals surface area contributed by atoms with E-state index >= 15 is 0 Å². The number of fused-ring (bicyclic) bond motifs is 2. The number of hydrogen-bond donors (Lipinski definition) is 0. The van der Waals surface area contributed by atoms with Crippen LogP contribution in [-0.2, 0) is 9.53 Å². The van der Waals surface area contributed by atoms with Gasteiger partial charge < -0.3 is 10.2 Å². The summed E-state index contributed by atoms with van der Waals surface area (Å²) in [6, 6.07) is 0. The second-order valence-electron chi connectivity index (χ2n) is 5.58. The van der Waals surface area contributed by atoms with E-state index in [-0.39, 0.29) is 22.5 Å². The maximum absolute atomic E-state index is 11.2. The molecule has 0 spiro atoms. The van der Waals surface area contributed by atoms with Crippen molar-refractivity contribution >= 4 is 5.97 Å². The lowest BCUT2D eigenvalue weighted by molar-refractivity contribution is -0.265. The first-order valence-electron chi connectivity index (χ1n) is 5.60. The third-order valence-electron chi connectivity index (χ3n) is 4.73. The van der Waals surface area contributed by atoms with Crippen LogP contribution in [0.4, 0.5) is 0 Å². The Bertz CT molecular complexity index is 272. The molecule has 3 heteroatoms. The van der Waals surface area contributed by atoms with E-state index in [0.717, 1.165) is 12.3 Å². The molecule has 2 bridgehead atoms. The van der Waals surface area contributed by atoms with Crippen molar-refractivity contribution in [2.24, 2.45) is 17.3 Å². The quantitative estimate of drug-likeness (QED) is 0.626. The minimum Gasteiger partial charge on any atom is -0.458 e. The molecule has 0 amide bonds. The summed E-state index contributed by atoms with van der Waals surface area (Å²) in [4.78, 5) is 11.2. The zero-order valence-electron chi connectivity index (χ0n) is 10.1. The fraction of sp³-hybridized carbons (Fsp3) is 0.917. The first-order chi connectivity index (χ1) is 6.40. The minimum atomic E-state index is -0.151. The van der Waals surface area contributed by atoms with E-state index in [1.54, 1.807) is 0 Å². The van der Waals surface area contributed by atoms with Crippen LogP contribution in [0.1, 0.15) is 47.0 Å². The number of carbonyl (C=O) groups is 1. The highest BCUT2D eigenvalue weighted by atomic mass is 16.6. The van der Waals surface area contributed by atoms with Crippen LogP contribution in [0.5, 0.6) is 0 Å². The summed E-state index contributed by atoms with van der Waals surface area (Å²) in [5.74, 6) is 1.16. The molecule has 3 unspecified atom stereocenters. The van der Waals surface area contributed by atoms with E-state index in [1.165, 1.54) is 19.8 Å². The summed E-state index contributed by atoms with van der Waals surface area (Å²) in [5.41, 5.74) is 0.0398. The fourth-order valence-electron chi connectivity index (χ4n) is 3.61. The van der Waals surface area contributed by atoms with E-state index in [1.807, 2.05) is 0 Å². The minimum absolute atomic E-state index is 0. The van der Waals surface area contributed by atoms with Gasteiger partial charge in [-0.05, 0) is 31.1 Å². The lowest BCUT2D eigenvalue weighted by Gasteiger charge is -2.66. The molecule has 0 heterocycles. The van der Waals surface area contributed by atoms with Gasteiger partial charge in [0.1, 0.15) is 5.60 Å². The van der Waals surface area contributed by atoms with Crippen LogP contribution in [0.25, 0.3) is 0 Å². The van der Waals surface area contributed by atoms with Crippen LogP contribution in [0.2, 0.25) is 0 Å². The molecule has 3 nitrogen and oxygen atoms in total. The summed E-state index contributed by atoms with van der Waals surface area (Å²) in [6.45, 7) is 8.25. The number of hydrogen-bond acceptors (Lipinski definition) is 2. The van der Waals surface area contributed by atoms with E-state index in [4.69, 9.17) is 4.74 Å². The average Bonchev–Trinajstić information content (AvgIpc) is 2.07. The van der Waals surface area contributed by atoms with E-state index in [9.17, 15) is 4.79 Å². The number of carbonyl (C=O) groups excluding carboxylic acids is 1. The Kier molecular flexibility index (Phi) is 2.90. The molecule has 0 aromatic heterocycles. The van der Waals surface area contributed by atoms with Crippen LogP contribution in [-0.4, -0.2) is 17.0 Å². The van der Waals surface area contributed by atoms with Gasteiger partial charge in [-0.25, -0.2) is 0 Å². The molecule has 0 saturated heterocycles. The Morgan fingerprint density at radius 1 is 1.33 bits per heavy atom. The highest BCUT2D eigenvalue weighted by Gasteiger charge is 2.67. The van der Waals surface area contributed by atoms with Crippen molar-refractivity contribution in [3.63, 3.8) is 0 Å². The van der Waals surface area contributed by atoms with Gasteiger partial charge in [-0.3, -0.25) is 4.79 Å². The Balaban J connectivity index is 0.00000112. The SMILES string of the molecule is CC(=O)OC12CC(CCC1C)C2(C)C.O. The zero-order valence-corrected chi connectivity index (χ0v) is 10.1. The molecule has 3 fully saturated rings. The normalized spacial score (nSPS) is 41.1. The largest absolute Gasteiger partial charge is 0.458 e. The Labute approximate surface area is 91.5 Å². The number of ether oxygens (including phenoxy) is 1. The molecule has 15 heavy (non-hydrogen) atoms.